The molecule has 0 aliphatic heterocycles. The van der Waals surface area contributed by atoms with Crippen molar-refractivity contribution < 1.29 is 9.90 Å². The van der Waals surface area contributed by atoms with E-state index in [4.69, 9.17) is 22.0 Å². The third-order valence-corrected chi connectivity index (χ3v) is 3.99. The van der Waals surface area contributed by atoms with E-state index >= 15 is 0 Å². The topological polar surface area (TPSA) is 107 Å². The van der Waals surface area contributed by atoms with Crippen LogP contribution in [-0.2, 0) is 4.79 Å². The van der Waals surface area contributed by atoms with Gasteiger partial charge in [-0.2, -0.15) is 5.26 Å². The maximum absolute atomic E-state index is 12.0. The minimum atomic E-state index is -1.02. The first kappa shape index (κ1) is 16.1. The number of rotatable bonds is 4. The summed E-state index contributed by atoms with van der Waals surface area (Å²) < 4.78 is 0. The average Bonchev–Trinajstić information content (AvgIpc) is 2.47. The molecule has 8 heteroatoms. The fraction of sp³-hybridized carbons (Fsp3) is 0.143. The molecule has 0 fully saturated rings. The lowest BCUT2D eigenvalue weighted by Crippen LogP contribution is -2.17. The molecule has 2 N–H and O–H groups in total. The first-order chi connectivity index (χ1) is 10.4. The molecule has 112 valence electrons. The molecule has 1 heterocycles. The smallest absolute Gasteiger partial charge is 0.316 e. The lowest BCUT2D eigenvalue weighted by molar-refractivity contribution is -0.136. The Hall–Kier alpha value is -2.30. The zero-order chi connectivity index (χ0) is 16.3. The predicted octanol–water partition coefficient (Wildman–Crippen LogP) is 2.53. The molecule has 22 heavy (non-hydrogen) atoms. The Morgan fingerprint density at radius 1 is 1.45 bits per heavy atom. The number of nitriles is 1. The second kappa shape index (κ2) is 6.64. The quantitative estimate of drug-likeness (QED) is 0.656. The van der Waals surface area contributed by atoms with E-state index in [9.17, 15) is 9.59 Å². The van der Waals surface area contributed by atoms with Gasteiger partial charge >= 0.3 is 5.97 Å². The summed E-state index contributed by atoms with van der Waals surface area (Å²) in [6.07, 6.45) is 0. The SMILES string of the molecule is C[C@@H](Sc1nc(-c2ccc(Cl)cc2)c(C#N)c(=O)[nH]1)C(=O)O. The standard InChI is InChI=1S/C14H10ClN3O3S/c1-7(13(20)21)22-14-17-11(10(6-16)12(19)18-14)8-2-4-9(15)5-3-8/h2-5,7H,1H3,(H,20,21)(H,17,18,19)/t7-/m1/s1. The number of hydrogen-bond acceptors (Lipinski definition) is 5. The first-order valence-electron chi connectivity index (χ1n) is 6.12. The van der Waals surface area contributed by atoms with Gasteiger partial charge in [-0.3, -0.25) is 9.59 Å². The number of aromatic amines is 1. The molecule has 0 spiro atoms. The fourth-order valence-electron chi connectivity index (χ4n) is 1.65. The summed E-state index contributed by atoms with van der Waals surface area (Å²) in [7, 11) is 0. The van der Waals surface area contributed by atoms with Gasteiger partial charge in [0.25, 0.3) is 5.56 Å². The Balaban J connectivity index is 2.54. The summed E-state index contributed by atoms with van der Waals surface area (Å²) in [5.41, 5.74) is 0.0112. The van der Waals surface area contributed by atoms with Crippen LogP contribution in [0.2, 0.25) is 5.02 Å². The largest absolute Gasteiger partial charge is 0.480 e. The zero-order valence-electron chi connectivity index (χ0n) is 11.3. The Morgan fingerprint density at radius 2 is 2.09 bits per heavy atom. The molecule has 0 radical (unpaired) electrons. The molecule has 1 aromatic heterocycles. The lowest BCUT2D eigenvalue weighted by atomic mass is 10.1. The van der Waals surface area contributed by atoms with Gasteiger partial charge in [-0.05, 0) is 19.1 Å². The van der Waals surface area contributed by atoms with Crippen molar-refractivity contribution in [2.75, 3.05) is 0 Å². The third-order valence-electron chi connectivity index (χ3n) is 2.76. The Kier molecular flexibility index (Phi) is 4.85. The van der Waals surface area contributed by atoms with Crippen molar-refractivity contribution in [3.63, 3.8) is 0 Å². The van der Waals surface area contributed by atoms with Crippen LogP contribution in [0.1, 0.15) is 12.5 Å². The molecule has 0 unspecified atom stereocenters. The summed E-state index contributed by atoms with van der Waals surface area (Å²) in [5, 5.41) is 17.9. The van der Waals surface area contributed by atoms with Crippen LogP contribution < -0.4 is 5.56 Å². The van der Waals surface area contributed by atoms with Gasteiger partial charge in [0.05, 0.1) is 5.69 Å². The number of nitrogens with one attached hydrogen (secondary N) is 1. The van der Waals surface area contributed by atoms with Crippen LogP contribution in [0.3, 0.4) is 0 Å². The van der Waals surface area contributed by atoms with Crippen molar-refractivity contribution in [1.29, 1.82) is 5.26 Å². The number of nitrogens with zero attached hydrogens (tertiary/aromatic N) is 2. The Bertz CT molecular complexity index is 812. The maximum Gasteiger partial charge on any atom is 0.316 e. The van der Waals surface area contributed by atoms with Crippen LogP contribution in [0.15, 0.2) is 34.2 Å². The van der Waals surface area contributed by atoms with Crippen LogP contribution in [0.25, 0.3) is 11.3 Å². The average molecular weight is 336 g/mol. The normalized spacial score (nSPS) is 11.7. The van der Waals surface area contributed by atoms with Gasteiger partial charge < -0.3 is 10.1 Å². The number of thioether (sulfide) groups is 1. The minimum Gasteiger partial charge on any atom is -0.480 e. The molecule has 2 rings (SSSR count). The molecule has 2 aromatic rings. The number of halogens is 1. The summed E-state index contributed by atoms with van der Waals surface area (Å²) >= 11 is 6.71. The van der Waals surface area contributed by atoms with Crippen LogP contribution >= 0.6 is 23.4 Å². The van der Waals surface area contributed by atoms with Crippen molar-refractivity contribution in [2.45, 2.75) is 17.3 Å². The maximum atomic E-state index is 12.0. The molecular formula is C14H10ClN3O3S. The molecular weight excluding hydrogens is 326 g/mol. The van der Waals surface area contributed by atoms with Crippen LogP contribution in [0.4, 0.5) is 0 Å². The second-order valence-electron chi connectivity index (χ2n) is 4.31. The number of aliphatic carboxylic acids is 1. The number of carboxylic acids is 1. The molecule has 0 amide bonds. The van der Waals surface area contributed by atoms with E-state index in [0.717, 1.165) is 11.8 Å². The summed E-state index contributed by atoms with van der Waals surface area (Å²) in [6, 6.07) is 8.33. The number of H-pyrrole nitrogens is 1. The molecule has 0 aliphatic rings. The van der Waals surface area contributed by atoms with Gasteiger partial charge in [0.15, 0.2) is 5.16 Å². The van der Waals surface area contributed by atoms with Gasteiger partial charge in [-0.15, -0.1) is 0 Å². The monoisotopic (exact) mass is 335 g/mol. The lowest BCUT2D eigenvalue weighted by Gasteiger charge is -2.08. The molecule has 1 atom stereocenters. The van der Waals surface area contributed by atoms with E-state index in [2.05, 4.69) is 9.97 Å². The van der Waals surface area contributed by atoms with Gasteiger partial charge in [-0.25, -0.2) is 4.98 Å². The number of aromatic nitrogens is 2. The molecule has 6 nitrogen and oxygen atoms in total. The van der Waals surface area contributed by atoms with Crippen molar-refractivity contribution in [1.82, 2.24) is 9.97 Å². The molecule has 0 bridgehead atoms. The highest BCUT2D eigenvalue weighted by molar-refractivity contribution is 8.00. The van der Waals surface area contributed by atoms with E-state index in [0.29, 0.717) is 10.6 Å². The third kappa shape index (κ3) is 3.47. The summed E-state index contributed by atoms with van der Waals surface area (Å²) in [4.78, 5) is 29.5. The van der Waals surface area contributed by atoms with E-state index in [1.165, 1.54) is 6.92 Å². The van der Waals surface area contributed by atoms with Crippen LogP contribution in [0.5, 0.6) is 0 Å². The van der Waals surface area contributed by atoms with Crippen molar-refractivity contribution in [3.8, 4) is 17.3 Å². The number of carbonyl (C=O) groups is 1. The van der Waals surface area contributed by atoms with Crippen LogP contribution in [0, 0.1) is 11.3 Å². The van der Waals surface area contributed by atoms with Gasteiger partial charge in [0.1, 0.15) is 16.9 Å². The second-order valence-corrected chi connectivity index (χ2v) is 6.08. The van der Waals surface area contributed by atoms with Crippen molar-refractivity contribution >= 4 is 29.3 Å². The van der Waals surface area contributed by atoms with Gasteiger partial charge in [0, 0.05) is 10.6 Å². The number of benzene rings is 1. The Labute approximate surface area is 134 Å². The van der Waals surface area contributed by atoms with Crippen LogP contribution in [-0.4, -0.2) is 26.3 Å². The first-order valence-corrected chi connectivity index (χ1v) is 7.38. The van der Waals surface area contributed by atoms with Crippen molar-refractivity contribution in [2.24, 2.45) is 0 Å². The minimum absolute atomic E-state index is 0.130. The van der Waals surface area contributed by atoms with E-state index in [1.54, 1.807) is 24.3 Å². The molecule has 0 saturated carbocycles. The van der Waals surface area contributed by atoms with Gasteiger partial charge in [-0.1, -0.05) is 35.5 Å². The Morgan fingerprint density at radius 3 is 2.64 bits per heavy atom. The van der Waals surface area contributed by atoms with E-state index in [-0.39, 0.29) is 16.4 Å². The summed E-state index contributed by atoms with van der Waals surface area (Å²) in [6.45, 7) is 1.48. The molecule has 0 saturated heterocycles. The van der Waals surface area contributed by atoms with E-state index in [1.807, 2.05) is 6.07 Å². The molecule has 0 aliphatic carbocycles. The van der Waals surface area contributed by atoms with Crippen molar-refractivity contribution in [3.05, 3.63) is 45.2 Å². The number of carboxylic acid groups (broad SMARTS) is 1. The molecule has 1 aromatic carbocycles. The van der Waals surface area contributed by atoms with E-state index < -0.39 is 16.8 Å². The zero-order valence-corrected chi connectivity index (χ0v) is 12.9. The fourth-order valence-corrected chi connectivity index (χ4v) is 2.50. The number of hydrogen-bond donors (Lipinski definition) is 2. The predicted molar refractivity (Wildman–Crippen MR) is 83.0 cm³/mol. The van der Waals surface area contributed by atoms with Gasteiger partial charge in [0.2, 0.25) is 0 Å². The summed E-state index contributed by atoms with van der Waals surface area (Å²) in [5.74, 6) is -1.02. The highest BCUT2D eigenvalue weighted by atomic mass is 35.5. The highest BCUT2D eigenvalue weighted by Crippen LogP contribution is 2.25. The highest BCUT2D eigenvalue weighted by Gasteiger charge is 2.18.